The van der Waals surface area contributed by atoms with E-state index in [1.54, 1.807) is 24.3 Å². The molecule has 28 heavy (non-hydrogen) atoms. The third-order valence-electron chi connectivity index (χ3n) is 4.77. The number of carbonyl (C=O) groups excluding carboxylic acids is 2. The number of hydrogen-bond acceptors (Lipinski definition) is 6. The molecule has 0 saturated heterocycles. The number of benzene rings is 1. The molecule has 1 fully saturated rings. The molecule has 1 aliphatic rings. The predicted molar refractivity (Wildman–Crippen MR) is 106 cm³/mol. The van der Waals surface area contributed by atoms with E-state index in [4.69, 9.17) is 11.5 Å². The second-order valence-electron chi connectivity index (χ2n) is 7.21. The highest BCUT2D eigenvalue weighted by molar-refractivity contribution is 5.99. The summed E-state index contributed by atoms with van der Waals surface area (Å²) in [5.74, 6) is -1.10. The molecule has 3 rings (SSSR count). The summed E-state index contributed by atoms with van der Waals surface area (Å²) in [6.45, 7) is 3.32. The molecule has 0 bridgehead atoms. The highest BCUT2D eigenvalue weighted by Gasteiger charge is 2.34. The number of carbonyl (C=O) groups is 2. The van der Waals surface area contributed by atoms with E-state index in [1.807, 2.05) is 6.92 Å². The van der Waals surface area contributed by atoms with Gasteiger partial charge in [-0.2, -0.15) is 0 Å². The first-order valence-electron chi connectivity index (χ1n) is 9.16. The molecule has 8 heteroatoms. The summed E-state index contributed by atoms with van der Waals surface area (Å²) >= 11 is 0. The number of aromatic nitrogens is 1. The van der Waals surface area contributed by atoms with Crippen molar-refractivity contribution in [2.45, 2.75) is 38.8 Å². The average molecular weight is 385 g/mol. The lowest BCUT2D eigenvalue weighted by molar-refractivity contribution is 0.0996. The van der Waals surface area contributed by atoms with Crippen molar-refractivity contribution >= 4 is 29.0 Å². The number of rotatable bonds is 8. The van der Waals surface area contributed by atoms with Crippen molar-refractivity contribution in [3.8, 4) is 0 Å². The number of nitrogens with one attached hydrogen (secondary N) is 2. The van der Waals surface area contributed by atoms with Crippen molar-refractivity contribution in [1.82, 2.24) is 4.98 Å². The molecule has 1 aliphatic carbocycles. The van der Waals surface area contributed by atoms with Crippen LogP contribution in [-0.2, 0) is 0 Å². The fourth-order valence-corrected chi connectivity index (χ4v) is 3.12. The summed E-state index contributed by atoms with van der Waals surface area (Å²) in [5.41, 5.74) is 12.4. The topological polar surface area (TPSA) is 123 Å². The van der Waals surface area contributed by atoms with Crippen LogP contribution in [0.3, 0.4) is 0 Å². The number of hydrogen-bond donors (Lipinski definition) is 4. The maximum atomic E-state index is 14.6. The number of anilines is 3. The van der Waals surface area contributed by atoms with Gasteiger partial charge in [0, 0.05) is 23.3 Å². The van der Waals surface area contributed by atoms with Crippen LogP contribution < -0.4 is 22.1 Å². The average Bonchev–Trinajstić information content (AvgIpc) is 3.46. The highest BCUT2D eigenvalue weighted by atomic mass is 19.1. The summed E-state index contributed by atoms with van der Waals surface area (Å²) in [5, 5.41) is 6.04. The fraction of sp³-hybridized carbons (Fsp3) is 0.350. The van der Waals surface area contributed by atoms with E-state index in [0.29, 0.717) is 17.2 Å². The van der Waals surface area contributed by atoms with Gasteiger partial charge in [0.15, 0.2) is 17.4 Å². The Hall–Kier alpha value is -3.00. The lowest BCUT2D eigenvalue weighted by Gasteiger charge is -2.23. The first kappa shape index (κ1) is 19.8. The Labute approximate surface area is 162 Å². The molecule has 1 aromatic heterocycles. The van der Waals surface area contributed by atoms with Crippen molar-refractivity contribution in [1.29, 1.82) is 0 Å². The Morgan fingerprint density at radius 1 is 1.25 bits per heavy atom. The van der Waals surface area contributed by atoms with Gasteiger partial charge in [0.25, 0.3) is 5.91 Å². The van der Waals surface area contributed by atoms with E-state index in [9.17, 15) is 14.0 Å². The first-order chi connectivity index (χ1) is 13.3. The molecule has 6 N–H and O–H groups in total. The Balaban J connectivity index is 1.95. The van der Waals surface area contributed by atoms with Gasteiger partial charge in [-0.25, -0.2) is 9.37 Å². The molecule has 1 saturated carbocycles. The Kier molecular flexibility index (Phi) is 5.60. The van der Waals surface area contributed by atoms with Crippen molar-refractivity contribution in [3.05, 3.63) is 47.3 Å². The van der Waals surface area contributed by atoms with Crippen LogP contribution in [0.25, 0.3) is 0 Å². The molecule has 2 atom stereocenters. The number of ketones is 1. The second kappa shape index (κ2) is 7.93. The number of nitrogens with zero attached hydrogens (tertiary/aromatic N) is 1. The molecule has 1 heterocycles. The highest BCUT2D eigenvalue weighted by Crippen LogP contribution is 2.36. The standard InChI is InChI=1S/C20H24FN5O2/c1-10(22)17(12-6-7-12)25-20-16(21)9-15(18(23)28)19(26-20)24-14-5-3-4-13(8-14)11(2)27/h3-5,8-10,12,17H,6-7,22H2,1-2H3,(H2,23,28)(H2,24,25,26)/t10-,17-/m0/s1. The number of amides is 1. The maximum absolute atomic E-state index is 14.6. The maximum Gasteiger partial charge on any atom is 0.252 e. The van der Waals surface area contributed by atoms with E-state index >= 15 is 0 Å². The van der Waals surface area contributed by atoms with Gasteiger partial charge in [0.1, 0.15) is 5.82 Å². The normalized spacial score (nSPS) is 15.6. The minimum absolute atomic E-state index is 0.00409. The third kappa shape index (κ3) is 4.45. The number of Topliss-reactive ketones (excluding diaryl/α,β-unsaturated/α-hetero) is 1. The summed E-state index contributed by atoms with van der Waals surface area (Å²) in [7, 11) is 0. The lowest BCUT2D eigenvalue weighted by atomic mass is 10.1. The molecule has 7 nitrogen and oxygen atoms in total. The van der Waals surface area contributed by atoms with Crippen molar-refractivity contribution in [2.24, 2.45) is 17.4 Å². The van der Waals surface area contributed by atoms with Crippen LogP contribution in [0.1, 0.15) is 47.4 Å². The SMILES string of the molecule is CC(=O)c1cccc(Nc2nc(N[C@H](C3CC3)[C@H](C)N)c(F)cc2C(N)=O)c1. The molecule has 1 aromatic carbocycles. The van der Waals surface area contributed by atoms with Crippen molar-refractivity contribution in [3.63, 3.8) is 0 Å². The number of primary amides is 1. The van der Waals surface area contributed by atoms with Gasteiger partial charge in [-0.15, -0.1) is 0 Å². The van der Waals surface area contributed by atoms with Crippen LogP contribution in [0.15, 0.2) is 30.3 Å². The molecular weight excluding hydrogens is 361 g/mol. The van der Waals surface area contributed by atoms with Gasteiger partial charge in [-0.1, -0.05) is 12.1 Å². The predicted octanol–water partition coefficient (Wildman–Crippen LogP) is 2.80. The van der Waals surface area contributed by atoms with Crippen LogP contribution in [0.5, 0.6) is 0 Å². The Morgan fingerprint density at radius 3 is 2.54 bits per heavy atom. The number of halogens is 1. The molecule has 0 spiro atoms. The number of nitrogens with two attached hydrogens (primary N) is 2. The molecule has 0 radical (unpaired) electrons. The van der Waals surface area contributed by atoms with Gasteiger partial charge in [-0.3, -0.25) is 9.59 Å². The van der Waals surface area contributed by atoms with Crippen LogP contribution in [0, 0.1) is 11.7 Å². The zero-order valence-electron chi connectivity index (χ0n) is 15.8. The van der Waals surface area contributed by atoms with E-state index in [2.05, 4.69) is 15.6 Å². The van der Waals surface area contributed by atoms with E-state index in [1.165, 1.54) is 6.92 Å². The largest absolute Gasteiger partial charge is 0.365 e. The minimum atomic E-state index is -0.811. The fourth-order valence-electron chi connectivity index (χ4n) is 3.12. The molecular formula is C20H24FN5O2. The summed E-state index contributed by atoms with van der Waals surface area (Å²) < 4.78 is 14.6. The molecule has 0 unspecified atom stereocenters. The Morgan fingerprint density at radius 2 is 1.96 bits per heavy atom. The van der Waals surface area contributed by atoms with E-state index < -0.39 is 11.7 Å². The van der Waals surface area contributed by atoms with Gasteiger partial charge in [-0.05, 0) is 50.8 Å². The second-order valence-corrected chi connectivity index (χ2v) is 7.21. The van der Waals surface area contributed by atoms with Crippen molar-refractivity contribution in [2.75, 3.05) is 10.6 Å². The molecule has 0 aliphatic heterocycles. The van der Waals surface area contributed by atoms with Gasteiger partial charge < -0.3 is 22.1 Å². The van der Waals surface area contributed by atoms with Gasteiger partial charge >= 0.3 is 0 Å². The lowest BCUT2D eigenvalue weighted by Crippen LogP contribution is -2.40. The summed E-state index contributed by atoms with van der Waals surface area (Å²) in [6, 6.07) is 7.47. The zero-order chi connectivity index (χ0) is 20.4. The number of pyridine rings is 1. The molecule has 148 valence electrons. The summed E-state index contributed by atoms with van der Waals surface area (Å²) in [4.78, 5) is 27.6. The van der Waals surface area contributed by atoms with Gasteiger partial charge in [0.05, 0.1) is 5.56 Å². The zero-order valence-corrected chi connectivity index (χ0v) is 15.8. The quantitative estimate of drug-likeness (QED) is 0.518. The molecule has 1 amide bonds. The van der Waals surface area contributed by atoms with Crippen LogP contribution in [-0.4, -0.2) is 28.8 Å². The summed E-state index contributed by atoms with van der Waals surface area (Å²) in [6.07, 6.45) is 2.06. The monoisotopic (exact) mass is 385 g/mol. The third-order valence-corrected chi connectivity index (χ3v) is 4.77. The Bertz CT molecular complexity index is 909. The van der Waals surface area contributed by atoms with Gasteiger partial charge in [0.2, 0.25) is 0 Å². The van der Waals surface area contributed by atoms with E-state index in [-0.39, 0.29) is 35.1 Å². The van der Waals surface area contributed by atoms with E-state index in [0.717, 1.165) is 18.9 Å². The van der Waals surface area contributed by atoms with Crippen LogP contribution >= 0.6 is 0 Å². The minimum Gasteiger partial charge on any atom is -0.365 e. The first-order valence-corrected chi connectivity index (χ1v) is 9.16. The van der Waals surface area contributed by atoms with Crippen molar-refractivity contribution < 1.29 is 14.0 Å². The molecule has 2 aromatic rings. The van der Waals surface area contributed by atoms with Crippen LogP contribution in [0.4, 0.5) is 21.7 Å². The smallest absolute Gasteiger partial charge is 0.252 e. The van der Waals surface area contributed by atoms with Crippen LogP contribution in [0.2, 0.25) is 0 Å².